The summed E-state index contributed by atoms with van der Waals surface area (Å²) in [6.45, 7) is 0. The van der Waals surface area contributed by atoms with E-state index in [0.29, 0.717) is 5.82 Å². The molecule has 4 heterocycles. The minimum absolute atomic E-state index is 0.699. The number of para-hydroxylation sites is 1. The van der Waals surface area contributed by atoms with Crippen LogP contribution in [0, 0.1) is 0 Å². The summed E-state index contributed by atoms with van der Waals surface area (Å²) in [5.74, 6) is 0.699. The highest BCUT2D eigenvalue weighted by atomic mass is 32.1. The molecule has 0 aliphatic rings. The number of pyridine rings is 2. The summed E-state index contributed by atoms with van der Waals surface area (Å²) in [6, 6.07) is 50.1. The van der Waals surface area contributed by atoms with Crippen molar-refractivity contribution in [1.82, 2.24) is 19.9 Å². The van der Waals surface area contributed by atoms with Crippen LogP contribution in [0.4, 0.5) is 0 Å². The van der Waals surface area contributed by atoms with Crippen molar-refractivity contribution in [2.75, 3.05) is 0 Å². The predicted molar refractivity (Wildman–Crippen MR) is 187 cm³/mol. The molecular weight excluding hydrogens is 569 g/mol. The molecule has 0 saturated heterocycles. The fourth-order valence-electron chi connectivity index (χ4n) is 6.16. The Kier molecular flexibility index (Phi) is 5.96. The van der Waals surface area contributed by atoms with Gasteiger partial charge in [0, 0.05) is 37.5 Å². The maximum absolute atomic E-state index is 5.17. The average molecular weight is 593 g/mol. The third-order valence-electron chi connectivity index (χ3n) is 8.28. The largest absolute Gasteiger partial charge is 0.246 e. The van der Waals surface area contributed by atoms with Crippen molar-refractivity contribution in [3.8, 4) is 45.3 Å². The summed E-state index contributed by atoms with van der Waals surface area (Å²) in [5.41, 5.74) is 8.53. The Balaban J connectivity index is 1.19. The second-order valence-electron chi connectivity index (χ2n) is 11.0. The van der Waals surface area contributed by atoms with E-state index in [1.165, 1.54) is 10.1 Å². The third-order valence-corrected chi connectivity index (χ3v) is 9.45. The van der Waals surface area contributed by atoms with Crippen LogP contribution < -0.4 is 0 Å². The van der Waals surface area contributed by atoms with E-state index in [-0.39, 0.29) is 0 Å². The van der Waals surface area contributed by atoms with Crippen molar-refractivity contribution in [3.05, 3.63) is 146 Å². The molecule has 0 spiro atoms. The van der Waals surface area contributed by atoms with Gasteiger partial charge in [0.05, 0.1) is 38.5 Å². The van der Waals surface area contributed by atoms with Crippen LogP contribution in [-0.2, 0) is 0 Å². The normalized spacial score (nSPS) is 11.6. The zero-order chi connectivity index (χ0) is 29.7. The average Bonchev–Trinajstić information content (AvgIpc) is 3.50. The first-order valence-corrected chi connectivity index (χ1v) is 15.7. The number of hydrogen-bond donors (Lipinski definition) is 0. The van der Waals surface area contributed by atoms with Crippen LogP contribution in [0.3, 0.4) is 0 Å². The van der Waals surface area contributed by atoms with Gasteiger partial charge in [-0.15, -0.1) is 11.3 Å². The molecule has 4 nitrogen and oxygen atoms in total. The van der Waals surface area contributed by atoms with E-state index in [1.54, 1.807) is 11.3 Å². The maximum Gasteiger partial charge on any atom is 0.160 e. The summed E-state index contributed by atoms with van der Waals surface area (Å²) in [5, 5.41) is 4.56. The zero-order valence-corrected chi connectivity index (χ0v) is 24.9. The van der Waals surface area contributed by atoms with Crippen LogP contribution in [0.1, 0.15) is 0 Å². The molecule has 0 saturated carbocycles. The number of fused-ring (bicyclic) bond motifs is 6. The molecule has 4 aromatic heterocycles. The molecule has 0 aliphatic heterocycles. The van der Waals surface area contributed by atoms with E-state index in [9.17, 15) is 0 Å². The number of aromatic nitrogens is 4. The topological polar surface area (TPSA) is 51.6 Å². The molecule has 9 aromatic rings. The first kappa shape index (κ1) is 25.7. The Hall–Kier alpha value is -5.78. The fraction of sp³-hybridized carbons (Fsp3) is 0. The smallest absolute Gasteiger partial charge is 0.160 e. The highest BCUT2D eigenvalue weighted by molar-refractivity contribution is 7.26. The van der Waals surface area contributed by atoms with Gasteiger partial charge in [0.15, 0.2) is 5.82 Å². The number of rotatable bonds is 4. The lowest BCUT2D eigenvalue weighted by Crippen LogP contribution is -1.95. The monoisotopic (exact) mass is 592 g/mol. The summed E-state index contributed by atoms with van der Waals surface area (Å²) in [4.78, 5) is 20.6. The molecule has 0 aliphatic carbocycles. The quantitative estimate of drug-likeness (QED) is 0.191. The van der Waals surface area contributed by atoms with E-state index in [0.717, 1.165) is 71.4 Å². The lowest BCUT2D eigenvalue weighted by Gasteiger charge is -2.11. The Labute approximate surface area is 263 Å². The summed E-state index contributed by atoms with van der Waals surface area (Å²) in [7, 11) is 0. The van der Waals surface area contributed by atoms with Crippen LogP contribution >= 0.6 is 11.3 Å². The van der Waals surface area contributed by atoms with Crippen molar-refractivity contribution in [2.45, 2.75) is 0 Å². The van der Waals surface area contributed by atoms with Crippen molar-refractivity contribution < 1.29 is 0 Å². The van der Waals surface area contributed by atoms with Crippen molar-refractivity contribution in [1.29, 1.82) is 0 Å². The summed E-state index contributed by atoms with van der Waals surface area (Å²) < 4.78 is 2.31. The molecule has 9 rings (SSSR count). The minimum atomic E-state index is 0.699. The molecule has 0 N–H and O–H groups in total. The van der Waals surface area contributed by atoms with Crippen LogP contribution in [0.25, 0.3) is 87.3 Å². The Morgan fingerprint density at radius 3 is 1.96 bits per heavy atom. The van der Waals surface area contributed by atoms with Crippen LogP contribution in [0.15, 0.2) is 146 Å². The zero-order valence-electron chi connectivity index (χ0n) is 24.1. The minimum Gasteiger partial charge on any atom is -0.246 e. The standard InChI is InChI=1S/C40H24N4S/c1-2-12-25(13-3-1)36-39-38(31-19-7-9-23-35(31)45-39)44-40(43-36)27-15-10-14-26(24-27)32-21-11-22-34(41-32)37-30-18-5-4-16-28(30)29-17-6-8-20-33(29)42-37/h1-24H. The highest BCUT2D eigenvalue weighted by Crippen LogP contribution is 2.40. The SMILES string of the molecule is c1ccc(-c2nc(-c3cccc(-c4cccc(-c5nc6ccccc6c6ccccc56)n4)c3)nc3c2sc2ccccc23)cc1. The van der Waals surface area contributed by atoms with E-state index in [4.69, 9.17) is 19.9 Å². The van der Waals surface area contributed by atoms with Crippen molar-refractivity contribution >= 4 is 53.3 Å². The Morgan fingerprint density at radius 2 is 1.07 bits per heavy atom. The molecule has 0 bridgehead atoms. The molecular formula is C40H24N4S. The van der Waals surface area contributed by atoms with Crippen LogP contribution in [0.5, 0.6) is 0 Å². The van der Waals surface area contributed by atoms with E-state index < -0.39 is 0 Å². The molecule has 0 unspecified atom stereocenters. The number of benzene rings is 5. The highest BCUT2D eigenvalue weighted by Gasteiger charge is 2.17. The van der Waals surface area contributed by atoms with Gasteiger partial charge >= 0.3 is 0 Å². The molecule has 0 fully saturated rings. The van der Waals surface area contributed by atoms with Crippen molar-refractivity contribution in [3.63, 3.8) is 0 Å². The third kappa shape index (κ3) is 4.36. The van der Waals surface area contributed by atoms with Gasteiger partial charge in [-0.3, -0.25) is 0 Å². The lowest BCUT2D eigenvalue weighted by molar-refractivity contribution is 1.24. The van der Waals surface area contributed by atoms with Crippen molar-refractivity contribution in [2.24, 2.45) is 0 Å². The molecule has 5 aromatic carbocycles. The maximum atomic E-state index is 5.17. The van der Waals surface area contributed by atoms with Gasteiger partial charge in [-0.25, -0.2) is 19.9 Å². The molecule has 0 radical (unpaired) electrons. The molecule has 0 atom stereocenters. The van der Waals surface area contributed by atoms with Gasteiger partial charge in [0.1, 0.15) is 0 Å². The van der Waals surface area contributed by atoms with Gasteiger partial charge < -0.3 is 0 Å². The van der Waals surface area contributed by atoms with E-state index >= 15 is 0 Å². The van der Waals surface area contributed by atoms with Crippen LogP contribution in [-0.4, -0.2) is 19.9 Å². The Bertz CT molecular complexity index is 2550. The molecule has 210 valence electrons. The second-order valence-corrected chi connectivity index (χ2v) is 12.1. The first-order chi connectivity index (χ1) is 22.3. The number of thiophene rings is 1. The summed E-state index contributed by atoms with van der Waals surface area (Å²) >= 11 is 1.75. The van der Waals surface area contributed by atoms with E-state index in [2.05, 4.69) is 127 Å². The molecule has 0 amide bonds. The molecule has 5 heteroatoms. The second kappa shape index (κ2) is 10.4. The van der Waals surface area contributed by atoms with E-state index in [1.807, 2.05) is 18.2 Å². The van der Waals surface area contributed by atoms with Gasteiger partial charge in [-0.05, 0) is 35.7 Å². The molecule has 45 heavy (non-hydrogen) atoms. The lowest BCUT2D eigenvalue weighted by atomic mass is 10.0. The number of hydrogen-bond acceptors (Lipinski definition) is 5. The fourth-order valence-corrected chi connectivity index (χ4v) is 7.31. The van der Waals surface area contributed by atoms with Gasteiger partial charge in [-0.1, -0.05) is 115 Å². The van der Waals surface area contributed by atoms with Crippen LogP contribution in [0.2, 0.25) is 0 Å². The summed E-state index contributed by atoms with van der Waals surface area (Å²) in [6.07, 6.45) is 0. The number of nitrogens with zero attached hydrogens (tertiary/aromatic N) is 4. The van der Waals surface area contributed by atoms with Gasteiger partial charge in [-0.2, -0.15) is 0 Å². The van der Waals surface area contributed by atoms with Gasteiger partial charge in [0.2, 0.25) is 0 Å². The first-order valence-electron chi connectivity index (χ1n) is 14.9. The predicted octanol–water partition coefficient (Wildman–Crippen LogP) is 10.6. The Morgan fingerprint density at radius 1 is 0.400 bits per heavy atom. The van der Waals surface area contributed by atoms with Gasteiger partial charge in [0.25, 0.3) is 0 Å².